The summed E-state index contributed by atoms with van der Waals surface area (Å²) < 4.78 is 4.80. The van der Waals surface area contributed by atoms with Gasteiger partial charge in [-0.1, -0.05) is 54.6 Å². The molecule has 0 amide bonds. The molecular weight excluding hydrogens is 446 g/mol. The number of carbonyl (C=O) groups excluding carboxylic acids is 1. The van der Waals surface area contributed by atoms with Crippen LogP contribution in [0.4, 0.5) is 5.69 Å². The van der Waals surface area contributed by atoms with Crippen LogP contribution in [-0.2, 0) is 17.7 Å². The van der Waals surface area contributed by atoms with Crippen LogP contribution in [0.25, 0.3) is 0 Å². The van der Waals surface area contributed by atoms with Gasteiger partial charge >= 0.3 is 5.97 Å². The van der Waals surface area contributed by atoms with Crippen LogP contribution in [0.3, 0.4) is 0 Å². The molecule has 2 N–H and O–H groups in total. The summed E-state index contributed by atoms with van der Waals surface area (Å²) in [5, 5.41) is 0. The van der Waals surface area contributed by atoms with E-state index in [0.29, 0.717) is 11.6 Å². The van der Waals surface area contributed by atoms with Crippen LogP contribution in [0, 0.1) is 0 Å². The Bertz CT molecular complexity index is 1070. The second-order valence-electron chi connectivity index (χ2n) is 9.98. The van der Waals surface area contributed by atoms with Crippen molar-refractivity contribution >= 4 is 11.7 Å². The standard InChI is InChI=1S/C31H39N3O2/c1-24(32)16-19-33-20-17-30(18-21-33)34(23-27-6-4-3-5-7-27)29-14-10-26(11-15-29)22-25-8-12-28(13-9-25)31(35)36-2/h3-15,24,30H,16-23,32H2,1-2H3. The number of ether oxygens (including phenoxy) is 1. The summed E-state index contributed by atoms with van der Waals surface area (Å²) >= 11 is 0. The molecule has 3 aromatic rings. The fourth-order valence-corrected chi connectivity index (χ4v) is 4.97. The van der Waals surface area contributed by atoms with Crippen molar-refractivity contribution in [1.29, 1.82) is 0 Å². The maximum atomic E-state index is 11.7. The molecule has 0 saturated carbocycles. The molecule has 0 bridgehead atoms. The van der Waals surface area contributed by atoms with E-state index < -0.39 is 0 Å². The summed E-state index contributed by atoms with van der Waals surface area (Å²) in [5.74, 6) is -0.302. The van der Waals surface area contributed by atoms with E-state index in [0.717, 1.165) is 39.0 Å². The molecular formula is C31H39N3O2. The first-order valence-electron chi connectivity index (χ1n) is 13.1. The highest BCUT2D eigenvalue weighted by Crippen LogP contribution is 2.27. The van der Waals surface area contributed by atoms with Crippen molar-refractivity contribution < 1.29 is 9.53 Å². The van der Waals surface area contributed by atoms with Crippen LogP contribution in [0.2, 0.25) is 0 Å². The Morgan fingerprint density at radius 2 is 1.56 bits per heavy atom. The number of rotatable bonds is 10. The zero-order valence-corrected chi connectivity index (χ0v) is 21.6. The number of hydrogen-bond donors (Lipinski definition) is 1. The molecule has 1 saturated heterocycles. The highest BCUT2D eigenvalue weighted by atomic mass is 16.5. The van der Waals surface area contributed by atoms with Crippen LogP contribution < -0.4 is 10.6 Å². The fraction of sp³-hybridized carbons (Fsp3) is 0.387. The number of methoxy groups -OCH3 is 1. The normalized spacial score (nSPS) is 15.4. The molecule has 0 spiro atoms. The molecule has 1 aliphatic rings. The Hall–Kier alpha value is -3.15. The lowest BCUT2D eigenvalue weighted by atomic mass is 9.99. The van der Waals surface area contributed by atoms with Crippen LogP contribution >= 0.6 is 0 Å². The van der Waals surface area contributed by atoms with Crippen molar-refractivity contribution in [3.63, 3.8) is 0 Å². The molecule has 1 atom stereocenters. The number of esters is 1. The van der Waals surface area contributed by atoms with Gasteiger partial charge in [0, 0.05) is 37.4 Å². The van der Waals surface area contributed by atoms with Crippen molar-refractivity contribution in [3.05, 3.63) is 101 Å². The molecule has 4 rings (SSSR count). The maximum absolute atomic E-state index is 11.7. The lowest BCUT2D eigenvalue weighted by Gasteiger charge is -2.40. The second-order valence-corrected chi connectivity index (χ2v) is 9.98. The van der Waals surface area contributed by atoms with Gasteiger partial charge in [0.15, 0.2) is 0 Å². The van der Waals surface area contributed by atoms with E-state index in [2.05, 4.69) is 71.3 Å². The predicted octanol–water partition coefficient (Wildman–Crippen LogP) is 5.27. The van der Waals surface area contributed by atoms with Gasteiger partial charge in [0.25, 0.3) is 0 Å². The van der Waals surface area contributed by atoms with E-state index in [9.17, 15) is 4.79 Å². The summed E-state index contributed by atoms with van der Waals surface area (Å²) in [5.41, 5.74) is 11.6. The molecule has 5 nitrogen and oxygen atoms in total. The Morgan fingerprint density at radius 1 is 0.944 bits per heavy atom. The van der Waals surface area contributed by atoms with E-state index in [4.69, 9.17) is 10.5 Å². The quantitative estimate of drug-likeness (QED) is 0.396. The average Bonchev–Trinajstić information content (AvgIpc) is 2.92. The third-order valence-electron chi connectivity index (χ3n) is 7.15. The molecule has 36 heavy (non-hydrogen) atoms. The average molecular weight is 486 g/mol. The number of nitrogens with zero attached hydrogens (tertiary/aromatic N) is 2. The molecule has 0 aliphatic carbocycles. The zero-order chi connectivity index (χ0) is 25.3. The first kappa shape index (κ1) is 25.9. The molecule has 190 valence electrons. The van der Waals surface area contributed by atoms with Gasteiger partial charge in [0.05, 0.1) is 12.7 Å². The highest BCUT2D eigenvalue weighted by Gasteiger charge is 2.25. The van der Waals surface area contributed by atoms with Gasteiger partial charge in [-0.2, -0.15) is 0 Å². The maximum Gasteiger partial charge on any atom is 0.337 e. The summed E-state index contributed by atoms with van der Waals surface area (Å²) in [7, 11) is 1.41. The van der Waals surface area contributed by atoms with E-state index in [1.54, 1.807) is 0 Å². The van der Waals surface area contributed by atoms with E-state index in [1.165, 1.54) is 42.3 Å². The molecule has 1 unspecified atom stereocenters. The number of piperidine rings is 1. The molecule has 1 fully saturated rings. The molecule has 3 aromatic carbocycles. The number of nitrogens with two attached hydrogens (primary N) is 1. The molecule has 1 heterocycles. The lowest BCUT2D eigenvalue weighted by Crippen LogP contribution is -2.45. The summed E-state index contributed by atoms with van der Waals surface area (Å²) in [6, 6.07) is 28.2. The molecule has 5 heteroatoms. The van der Waals surface area contributed by atoms with Gasteiger partial charge in [-0.25, -0.2) is 4.79 Å². The zero-order valence-electron chi connectivity index (χ0n) is 21.6. The van der Waals surface area contributed by atoms with Crippen molar-refractivity contribution in [2.24, 2.45) is 5.73 Å². The minimum atomic E-state index is -0.302. The van der Waals surface area contributed by atoms with Crippen molar-refractivity contribution in [2.45, 2.75) is 51.2 Å². The Morgan fingerprint density at radius 3 is 2.14 bits per heavy atom. The number of carbonyl (C=O) groups is 1. The van der Waals surface area contributed by atoms with Gasteiger partial charge in [0.2, 0.25) is 0 Å². The largest absolute Gasteiger partial charge is 0.465 e. The molecule has 0 radical (unpaired) electrons. The second kappa shape index (κ2) is 12.7. The van der Waals surface area contributed by atoms with E-state index in [-0.39, 0.29) is 12.0 Å². The third kappa shape index (κ3) is 7.19. The minimum Gasteiger partial charge on any atom is -0.465 e. The summed E-state index contributed by atoms with van der Waals surface area (Å²) in [6.07, 6.45) is 4.23. The van der Waals surface area contributed by atoms with E-state index >= 15 is 0 Å². The minimum absolute atomic E-state index is 0.265. The van der Waals surface area contributed by atoms with Crippen LogP contribution in [0.15, 0.2) is 78.9 Å². The molecule has 1 aliphatic heterocycles. The number of anilines is 1. The lowest BCUT2D eigenvalue weighted by molar-refractivity contribution is 0.0600. The van der Waals surface area contributed by atoms with Gasteiger partial charge in [-0.05, 0) is 80.1 Å². The van der Waals surface area contributed by atoms with Crippen LogP contribution in [0.5, 0.6) is 0 Å². The smallest absolute Gasteiger partial charge is 0.337 e. The first-order chi connectivity index (χ1) is 17.5. The summed E-state index contributed by atoms with van der Waals surface area (Å²) in [4.78, 5) is 16.8. The van der Waals surface area contributed by atoms with Gasteiger partial charge in [-0.3, -0.25) is 0 Å². The van der Waals surface area contributed by atoms with Crippen molar-refractivity contribution in [3.8, 4) is 0 Å². The predicted molar refractivity (Wildman–Crippen MR) is 147 cm³/mol. The SMILES string of the molecule is COC(=O)c1ccc(Cc2ccc(N(Cc3ccccc3)C3CCN(CCC(C)N)CC3)cc2)cc1. The fourth-order valence-electron chi connectivity index (χ4n) is 4.97. The number of benzene rings is 3. The molecule has 0 aromatic heterocycles. The third-order valence-corrected chi connectivity index (χ3v) is 7.15. The van der Waals surface area contributed by atoms with Gasteiger partial charge < -0.3 is 20.3 Å². The Labute approximate surface area is 215 Å². The monoisotopic (exact) mass is 485 g/mol. The Balaban J connectivity index is 1.44. The van der Waals surface area contributed by atoms with Gasteiger partial charge in [-0.15, -0.1) is 0 Å². The first-order valence-corrected chi connectivity index (χ1v) is 13.1. The number of likely N-dealkylation sites (tertiary alicyclic amines) is 1. The summed E-state index contributed by atoms with van der Waals surface area (Å²) in [6.45, 7) is 6.36. The topological polar surface area (TPSA) is 58.8 Å². The Kier molecular flexibility index (Phi) is 9.15. The van der Waals surface area contributed by atoms with E-state index in [1.807, 2.05) is 24.3 Å². The highest BCUT2D eigenvalue weighted by molar-refractivity contribution is 5.89. The van der Waals surface area contributed by atoms with Crippen molar-refractivity contribution in [2.75, 3.05) is 31.6 Å². The van der Waals surface area contributed by atoms with Crippen molar-refractivity contribution in [1.82, 2.24) is 4.90 Å². The number of hydrogen-bond acceptors (Lipinski definition) is 5. The van der Waals surface area contributed by atoms with Crippen LogP contribution in [-0.4, -0.2) is 49.7 Å². The van der Waals surface area contributed by atoms with Gasteiger partial charge in [0.1, 0.15) is 0 Å². The van der Waals surface area contributed by atoms with Crippen LogP contribution in [0.1, 0.15) is 53.2 Å².